The van der Waals surface area contributed by atoms with Gasteiger partial charge in [0.25, 0.3) is 0 Å². The summed E-state index contributed by atoms with van der Waals surface area (Å²) in [5.41, 5.74) is 0. The van der Waals surface area contributed by atoms with Crippen LogP contribution in [-0.4, -0.2) is 26.6 Å². The molecule has 0 aliphatic carbocycles. The van der Waals surface area contributed by atoms with Crippen LogP contribution < -0.4 is 9.46 Å². The fraction of sp³-hybridized carbons (Fsp3) is 0.154. The van der Waals surface area contributed by atoms with Gasteiger partial charge in [0, 0.05) is 4.88 Å². The van der Waals surface area contributed by atoms with E-state index >= 15 is 0 Å². The number of benzene rings is 1. The Morgan fingerprint density at radius 2 is 1.95 bits per heavy atom. The van der Waals surface area contributed by atoms with E-state index in [0.717, 1.165) is 0 Å². The molecule has 1 heterocycles. The normalized spacial score (nSPS) is 12.8. The number of thiophene rings is 1. The van der Waals surface area contributed by atoms with Crippen molar-refractivity contribution in [3.05, 3.63) is 46.7 Å². The van der Waals surface area contributed by atoms with Crippen LogP contribution in [0.25, 0.3) is 0 Å². The monoisotopic (exact) mass is 327 g/mol. The number of rotatable bonds is 6. The summed E-state index contributed by atoms with van der Waals surface area (Å²) in [7, 11) is -2.46. The molecule has 0 amide bonds. The summed E-state index contributed by atoms with van der Waals surface area (Å²) in [6.07, 6.45) is 0. The van der Waals surface area contributed by atoms with Gasteiger partial charge in [0.05, 0.1) is 12.0 Å². The quantitative estimate of drug-likeness (QED) is 0.845. The summed E-state index contributed by atoms with van der Waals surface area (Å²) in [5.74, 6) is -0.739. The molecule has 0 aliphatic heterocycles. The highest BCUT2D eigenvalue weighted by Gasteiger charge is 2.27. The zero-order valence-corrected chi connectivity index (χ0v) is 12.6. The van der Waals surface area contributed by atoms with Crippen molar-refractivity contribution < 1.29 is 23.1 Å². The van der Waals surface area contributed by atoms with Gasteiger partial charge in [-0.3, -0.25) is 4.79 Å². The maximum Gasteiger partial charge on any atom is 0.327 e. The van der Waals surface area contributed by atoms with E-state index < -0.39 is 22.0 Å². The molecule has 0 spiro atoms. The Morgan fingerprint density at radius 3 is 2.43 bits per heavy atom. The van der Waals surface area contributed by atoms with Gasteiger partial charge in [-0.15, -0.1) is 11.3 Å². The van der Waals surface area contributed by atoms with Crippen LogP contribution in [0.2, 0.25) is 0 Å². The zero-order valence-electron chi connectivity index (χ0n) is 11.0. The van der Waals surface area contributed by atoms with Gasteiger partial charge < -0.3 is 9.84 Å². The van der Waals surface area contributed by atoms with Crippen molar-refractivity contribution in [2.45, 2.75) is 10.9 Å². The molecule has 0 saturated heterocycles. The molecule has 2 rings (SSSR count). The molecule has 0 unspecified atom stereocenters. The molecule has 0 saturated carbocycles. The molecule has 0 bridgehead atoms. The second-order valence-electron chi connectivity index (χ2n) is 4.08. The van der Waals surface area contributed by atoms with Crippen LogP contribution in [0.3, 0.4) is 0 Å². The molecule has 1 aromatic heterocycles. The minimum Gasteiger partial charge on any atom is -0.497 e. The SMILES string of the molecule is COc1ccc(S(=O)(=O)N[C@H](C(=O)O)c2cccs2)cc1. The number of hydrogen-bond donors (Lipinski definition) is 2. The molecule has 8 heteroatoms. The highest BCUT2D eigenvalue weighted by molar-refractivity contribution is 7.89. The molecule has 0 fully saturated rings. The summed E-state index contributed by atoms with van der Waals surface area (Å²) in [6, 6.07) is 7.63. The van der Waals surface area contributed by atoms with E-state index in [-0.39, 0.29) is 4.90 Å². The minimum atomic E-state index is -3.94. The van der Waals surface area contributed by atoms with E-state index in [1.54, 1.807) is 17.5 Å². The lowest BCUT2D eigenvalue weighted by atomic mass is 10.3. The zero-order chi connectivity index (χ0) is 15.5. The maximum absolute atomic E-state index is 12.2. The van der Waals surface area contributed by atoms with Crippen LogP contribution in [0.4, 0.5) is 0 Å². The number of nitrogens with one attached hydrogen (secondary N) is 1. The third-order valence-electron chi connectivity index (χ3n) is 2.72. The fourth-order valence-corrected chi connectivity index (χ4v) is 3.67. The summed E-state index contributed by atoms with van der Waals surface area (Å²) in [6.45, 7) is 0. The Kier molecular flexibility index (Phi) is 4.61. The largest absolute Gasteiger partial charge is 0.497 e. The van der Waals surface area contributed by atoms with E-state index in [4.69, 9.17) is 4.74 Å². The molecule has 2 N–H and O–H groups in total. The third kappa shape index (κ3) is 3.60. The summed E-state index contributed by atoms with van der Waals surface area (Å²) in [4.78, 5) is 11.7. The average molecular weight is 327 g/mol. The first-order valence-corrected chi connectivity index (χ1v) is 8.23. The van der Waals surface area contributed by atoms with Gasteiger partial charge in [-0.1, -0.05) is 6.07 Å². The van der Waals surface area contributed by atoms with Crippen molar-refractivity contribution in [3.8, 4) is 5.75 Å². The van der Waals surface area contributed by atoms with E-state index in [1.165, 1.54) is 42.7 Å². The first kappa shape index (κ1) is 15.5. The number of carbonyl (C=O) groups is 1. The molecule has 2 aromatic rings. The molecular formula is C13H13NO5S2. The van der Waals surface area contributed by atoms with Crippen molar-refractivity contribution in [1.82, 2.24) is 4.72 Å². The summed E-state index contributed by atoms with van der Waals surface area (Å²) >= 11 is 1.17. The Morgan fingerprint density at radius 1 is 1.29 bits per heavy atom. The smallest absolute Gasteiger partial charge is 0.327 e. The molecule has 21 heavy (non-hydrogen) atoms. The first-order valence-electron chi connectivity index (χ1n) is 5.86. The van der Waals surface area contributed by atoms with Crippen LogP contribution in [0.1, 0.15) is 10.9 Å². The number of sulfonamides is 1. The van der Waals surface area contributed by atoms with Gasteiger partial charge in [-0.2, -0.15) is 4.72 Å². The van der Waals surface area contributed by atoms with Crippen LogP contribution in [-0.2, 0) is 14.8 Å². The van der Waals surface area contributed by atoms with E-state index in [2.05, 4.69) is 4.72 Å². The number of aliphatic carboxylic acids is 1. The lowest BCUT2D eigenvalue weighted by molar-refractivity contribution is -0.139. The Bertz CT molecular complexity index is 708. The Hall–Kier alpha value is -1.90. The van der Waals surface area contributed by atoms with Gasteiger partial charge in [0.2, 0.25) is 10.0 Å². The first-order chi connectivity index (χ1) is 9.94. The number of carboxylic acids is 1. The Labute approximate surface area is 126 Å². The standard InChI is InChI=1S/C13H13NO5S2/c1-19-9-4-6-10(7-5-9)21(17,18)14-12(13(15)16)11-3-2-8-20-11/h2-8,12,14H,1H3,(H,15,16)/t12-/m0/s1. The van der Waals surface area contributed by atoms with Crippen LogP contribution >= 0.6 is 11.3 Å². The third-order valence-corrected chi connectivity index (χ3v) is 5.09. The second-order valence-corrected chi connectivity index (χ2v) is 6.78. The molecule has 1 aromatic carbocycles. The molecular weight excluding hydrogens is 314 g/mol. The van der Waals surface area contributed by atoms with Gasteiger partial charge in [0.15, 0.2) is 6.04 Å². The molecule has 112 valence electrons. The number of methoxy groups -OCH3 is 1. The fourth-order valence-electron chi connectivity index (χ4n) is 1.66. The molecule has 0 aliphatic rings. The molecule has 0 radical (unpaired) electrons. The number of hydrogen-bond acceptors (Lipinski definition) is 5. The molecule has 6 nitrogen and oxygen atoms in total. The lowest BCUT2D eigenvalue weighted by Gasteiger charge is -2.13. The van der Waals surface area contributed by atoms with Gasteiger partial charge >= 0.3 is 5.97 Å². The van der Waals surface area contributed by atoms with Crippen LogP contribution in [0.15, 0.2) is 46.7 Å². The summed E-state index contributed by atoms with van der Waals surface area (Å²) in [5, 5.41) is 10.9. The average Bonchev–Trinajstić information content (AvgIpc) is 2.98. The topological polar surface area (TPSA) is 92.7 Å². The van der Waals surface area contributed by atoms with Crippen LogP contribution in [0, 0.1) is 0 Å². The highest BCUT2D eigenvalue weighted by Crippen LogP contribution is 2.22. The minimum absolute atomic E-state index is 0.0221. The van der Waals surface area contributed by atoms with Crippen molar-refractivity contribution in [2.75, 3.05) is 7.11 Å². The maximum atomic E-state index is 12.2. The van der Waals surface area contributed by atoms with Crippen LogP contribution in [0.5, 0.6) is 5.75 Å². The van der Waals surface area contributed by atoms with Crippen molar-refractivity contribution in [1.29, 1.82) is 0 Å². The van der Waals surface area contributed by atoms with E-state index in [9.17, 15) is 18.3 Å². The van der Waals surface area contributed by atoms with E-state index in [0.29, 0.717) is 10.6 Å². The Balaban J connectivity index is 2.28. The van der Waals surface area contributed by atoms with E-state index in [1.807, 2.05) is 0 Å². The number of ether oxygens (including phenoxy) is 1. The van der Waals surface area contributed by atoms with Crippen molar-refractivity contribution >= 4 is 27.3 Å². The second kappa shape index (κ2) is 6.25. The van der Waals surface area contributed by atoms with Gasteiger partial charge in [-0.25, -0.2) is 8.42 Å². The summed E-state index contributed by atoms with van der Waals surface area (Å²) < 4.78 is 31.6. The highest BCUT2D eigenvalue weighted by atomic mass is 32.2. The number of carboxylic acid groups (broad SMARTS) is 1. The van der Waals surface area contributed by atoms with Gasteiger partial charge in [-0.05, 0) is 35.7 Å². The van der Waals surface area contributed by atoms with Gasteiger partial charge in [0.1, 0.15) is 5.75 Å². The lowest BCUT2D eigenvalue weighted by Crippen LogP contribution is -2.33. The van der Waals surface area contributed by atoms with Crippen molar-refractivity contribution in [2.24, 2.45) is 0 Å². The predicted octanol–water partition coefficient (Wildman–Crippen LogP) is 1.86. The van der Waals surface area contributed by atoms with Crippen molar-refractivity contribution in [3.63, 3.8) is 0 Å². The molecule has 1 atom stereocenters. The predicted molar refractivity (Wildman–Crippen MR) is 78.0 cm³/mol.